The first-order valence-corrected chi connectivity index (χ1v) is 36.2. The molecule has 15 aromatic rings. The van der Waals surface area contributed by atoms with Gasteiger partial charge in [-0.05, 0) is 229 Å². The van der Waals surface area contributed by atoms with Crippen LogP contribution in [0.25, 0.3) is 136 Å². The first kappa shape index (κ1) is 73.5. The Morgan fingerprint density at radius 2 is 0.771 bits per heavy atom. The molecule has 17 nitrogen and oxygen atoms in total. The number of halogens is 2. The highest BCUT2D eigenvalue weighted by Crippen LogP contribution is 2.44. The van der Waals surface area contributed by atoms with Crippen LogP contribution in [0.3, 0.4) is 0 Å². The molecule has 0 radical (unpaired) electrons. The van der Waals surface area contributed by atoms with Crippen LogP contribution in [0.2, 0.25) is 10.0 Å². The van der Waals surface area contributed by atoms with Crippen molar-refractivity contribution in [3.05, 3.63) is 282 Å². The highest BCUT2D eigenvalue weighted by atomic mass is 35.5. The first-order valence-electron chi connectivity index (χ1n) is 35.5. The van der Waals surface area contributed by atoms with E-state index in [4.69, 9.17) is 90.6 Å². The third-order valence-electron chi connectivity index (χ3n) is 18.6. The van der Waals surface area contributed by atoms with E-state index in [9.17, 15) is 0 Å². The SMILES string of the molecule is COc1ccc(-c2nc(-c3ccc(-c4cccc(Cl)c4)o3)[nH]c2-c2ccc(OC)cc2)cc1.COc1ccc(-c2nc(-c3ccc(-c4cccc(Cl)c4)o3)n(CCOCCOCCN)c2-c2ccc(OC)cc2)cc1.COc1ccc(-c2nc(-c3ccc4c(c3)-c3ccccc3C4)[nH]c2-c2ccc(OC)cc2)cc1. The van der Waals surface area contributed by atoms with E-state index < -0.39 is 0 Å². The number of benzene rings is 10. The highest BCUT2D eigenvalue weighted by molar-refractivity contribution is 6.31. The second kappa shape index (κ2) is 34.5. The van der Waals surface area contributed by atoms with Gasteiger partial charge in [-0.1, -0.05) is 83.9 Å². The third-order valence-corrected chi connectivity index (χ3v) is 19.1. The molecule has 548 valence electrons. The zero-order valence-electron chi connectivity index (χ0n) is 61.0. The fourth-order valence-corrected chi connectivity index (χ4v) is 13.4. The van der Waals surface area contributed by atoms with Gasteiger partial charge in [0.25, 0.3) is 0 Å². The normalized spacial score (nSPS) is 11.2. The summed E-state index contributed by atoms with van der Waals surface area (Å²) < 4.78 is 58.2. The van der Waals surface area contributed by atoms with Crippen molar-refractivity contribution in [2.45, 2.75) is 13.0 Å². The summed E-state index contributed by atoms with van der Waals surface area (Å²) in [6.07, 6.45) is 0.984. The number of hydrogen-bond acceptors (Lipinski definition) is 14. The maximum absolute atomic E-state index is 6.38. The summed E-state index contributed by atoms with van der Waals surface area (Å²) >= 11 is 12.4. The molecule has 1 aliphatic rings. The largest absolute Gasteiger partial charge is 0.497 e. The van der Waals surface area contributed by atoms with Crippen LogP contribution in [0.1, 0.15) is 11.1 Å². The van der Waals surface area contributed by atoms with Crippen molar-refractivity contribution in [1.29, 1.82) is 0 Å². The molecule has 109 heavy (non-hydrogen) atoms. The zero-order valence-corrected chi connectivity index (χ0v) is 62.5. The van der Waals surface area contributed by atoms with Crippen LogP contribution in [0.15, 0.2) is 270 Å². The Bertz CT molecular complexity index is 5410. The van der Waals surface area contributed by atoms with Gasteiger partial charge in [0.1, 0.15) is 51.8 Å². The lowest BCUT2D eigenvalue weighted by Crippen LogP contribution is -2.14. The fraction of sp³-hybridized carbons (Fsp3) is 0.144. The topological polar surface area (TPSA) is 201 Å². The quantitative estimate of drug-likeness (QED) is 0.0456. The number of aromatic nitrogens is 6. The van der Waals surface area contributed by atoms with E-state index in [0.717, 1.165) is 137 Å². The van der Waals surface area contributed by atoms with Crippen molar-refractivity contribution in [2.24, 2.45) is 5.73 Å². The second-order valence-electron chi connectivity index (χ2n) is 25.3. The monoisotopic (exact) mass is 1490 g/mol. The van der Waals surface area contributed by atoms with E-state index in [-0.39, 0.29) is 0 Å². The number of rotatable bonds is 25. The Labute approximate surface area is 642 Å². The molecule has 16 rings (SSSR count). The summed E-state index contributed by atoms with van der Waals surface area (Å²) in [4.78, 5) is 22.2. The summed E-state index contributed by atoms with van der Waals surface area (Å²) in [5.74, 6) is 9.64. The Morgan fingerprint density at radius 1 is 0.358 bits per heavy atom. The number of nitrogens with two attached hydrogens (primary N) is 1. The number of aromatic amines is 2. The first-order chi connectivity index (χ1) is 53.5. The van der Waals surface area contributed by atoms with Crippen molar-refractivity contribution in [1.82, 2.24) is 29.5 Å². The molecule has 0 unspecified atom stereocenters. The number of methoxy groups -OCH3 is 6. The predicted octanol–water partition coefficient (Wildman–Crippen LogP) is 21.1. The number of imidazole rings is 3. The summed E-state index contributed by atoms with van der Waals surface area (Å²) in [6.45, 7) is 2.92. The Morgan fingerprint density at radius 3 is 1.27 bits per heavy atom. The highest BCUT2D eigenvalue weighted by Gasteiger charge is 2.26. The Balaban J connectivity index is 0.000000138. The van der Waals surface area contributed by atoms with Gasteiger partial charge in [0.05, 0.1) is 103 Å². The van der Waals surface area contributed by atoms with Gasteiger partial charge in [0.15, 0.2) is 23.2 Å². The molecule has 0 amide bonds. The van der Waals surface area contributed by atoms with Crippen molar-refractivity contribution in [2.75, 3.05) is 75.6 Å². The summed E-state index contributed by atoms with van der Waals surface area (Å²) in [5, 5.41) is 1.30. The molecular weight excluding hydrogens is 1410 g/mol. The molecule has 0 fully saturated rings. The average molecular weight is 1490 g/mol. The molecular formula is C90H79Cl2N7O10. The molecule has 5 heterocycles. The molecule has 0 aliphatic heterocycles. The molecule has 0 spiro atoms. The molecule has 0 bridgehead atoms. The molecule has 0 saturated carbocycles. The number of nitrogens with zero attached hydrogens (tertiary/aromatic N) is 4. The van der Waals surface area contributed by atoms with E-state index in [1.807, 2.05) is 206 Å². The van der Waals surface area contributed by atoms with Gasteiger partial charge in [-0.3, -0.25) is 0 Å². The van der Waals surface area contributed by atoms with E-state index in [1.165, 1.54) is 22.3 Å². The molecule has 4 N–H and O–H groups in total. The van der Waals surface area contributed by atoms with Crippen LogP contribution >= 0.6 is 23.2 Å². The lowest BCUT2D eigenvalue weighted by molar-refractivity contribution is 0.0479. The van der Waals surface area contributed by atoms with Crippen LogP contribution in [-0.2, 0) is 22.4 Å². The average Bonchev–Trinajstić information content (AvgIpc) is 1.63. The molecule has 19 heteroatoms. The van der Waals surface area contributed by atoms with Crippen molar-refractivity contribution in [3.63, 3.8) is 0 Å². The van der Waals surface area contributed by atoms with Gasteiger partial charge in [-0.25, -0.2) is 15.0 Å². The number of fused-ring (bicyclic) bond motifs is 3. The molecule has 1 aliphatic carbocycles. The van der Waals surface area contributed by atoms with Crippen LogP contribution in [0, 0.1) is 0 Å². The van der Waals surface area contributed by atoms with Gasteiger partial charge in [0.2, 0.25) is 0 Å². The van der Waals surface area contributed by atoms with E-state index >= 15 is 0 Å². The number of H-pyrrole nitrogens is 2. The molecule has 10 aromatic carbocycles. The van der Waals surface area contributed by atoms with Crippen LogP contribution in [0.5, 0.6) is 34.5 Å². The van der Waals surface area contributed by atoms with E-state index in [2.05, 4.69) is 69.1 Å². The van der Waals surface area contributed by atoms with Gasteiger partial charge in [-0.2, -0.15) is 0 Å². The fourth-order valence-electron chi connectivity index (χ4n) is 13.0. The summed E-state index contributed by atoms with van der Waals surface area (Å²) in [5.41, 5.74) is 25.0. The second-order valence-corrected chi connectivity index (χ2v) is 26.2. The Hall–Kier alpha value is -12.4. The number of hydrogen-bond donors (Lipinski definition) is 3. The predicted molar refractivity (Wildman–Crippen MR) is 432 cm³/mol. The maximum Gasteiger partial charge on any atom is 0.177 e. The van der Waals surface area contributed by atoms with Gasteiger partial charge in [-0.15, -0.1) is 0 Å². The summed E-state index contributed by atoms with van der Waals surface area (Å²) in [7, 11) is 9.97. The van der Waals surface area contributed by atoms with Crippen molar-refractivity contribution >= 4 is 23.2 Å². The van der Waals surface area contributed by atoms with Crippen molar-refractivity contribution < 1.29 is 46.7 Å². The van der Waals surface area contributed by atoms with E-state index in [0.29, 0.717) is 78.5 Å². The summed E-state index contributed by atoms with van der Waals surface area (Å²) in [6, 6.07) is 85.8. The zero-order chi connectivity index (χ0) is 75.2. The minimum absolute atomic E-state index is 0.447. The van der Waals surface area contributed by atoms with Crippen LogP contribution < -0.4 is 34.2 Å². The lowest BCUT2D eigenvalue weighted by Gasteiger charge is -2.14. The number of ether oxygens (including phenoxy) is 8. The number of furan rings is 2. The van der Waals surface area contributed by atoms with Gasteiger partial charge < -0.3 is 67.0 Å². The third kappa shape index (κ3) is 16.9. The Kier molecular flexibility index (Phi) is 23.3. The van der Waals surface area contributed by atoms with Gasteiger partial charge >= 0.3 is 0 Å². The standard InChI is InChI=1S/C33H34ClN3O5.C30H24N2O2.C27H21ClN2O3/c1-38-27-10-6-23(7-11-27)31-32(24-8-12-28(39-2)13-9-24)37(17-19-41-21-20-40-18-16-35)33(36-31)30-15-14-29(42-30)25-4-3-5-26(34)22-25;1-33-24-13-9-19(10-14-24)28-29(20-11-15-25(34-2)16-12-20)32-30(31-28)23-8-7-22-17-21-5-3-4-6-26(21)27(22)18-23;1-31-21-10-6-17(7-11-21)25-26(18-8-12-22(32-2)13-9-18)30-27(29-25)24-15-14-23(33-24)19-4-3-5-20(28)16-19/h3-15,22H,16-21,35H2,1-2H3;3-16,18H,17H2,1-2H3,(H,31,32);3-16H,1-2H3,(H,29,30). The minimum atomic E-state index is 0.447. The van der Waals surface area contributed by atoms with Crippen molar-refractivity contribution in [3.8, 4) is 170 Å². The number of nitrogens with one attached hydrogen (secondary N) is 2. The van der Waals surface area contributed by atoms with Crippen LogP contribution in [0.4, 0.5) is 0 Å². The lowest BCUT2D eigenvalue weighted by atomic mass is 10.0. The molecule has 0 saturated heterocycles. The molecule has 5 aromatic heterocycles. The maximum atomic E-state index is 6.38. The van der Waals surface area contributed by atoms with Crippen LogP contribution in [-0.4, -0.2) is 105 Å². The van der Waals surface area contributed by atoms with Gasteiger partial charge in [0, 0.05) is 73.2 Å². The minimum Gasteiger partial charge on any atom is -0.497 e. The smallest absolute Gasteiger partial charge is 0.177 e. The van der Waals surface area contributed by atoms with E-state index in [1.54, 1.807) is 42.7 Å². The molecule has 0 atom stereocenters.